The van der Waals surface area contributed by atoms with Gasteiger partial charge in [-0.2, -0.15) is 0 Å². The van der Waals surface area contributed by atoms with Crippen molar-refractivity contribution in [2.24, 2.45) is 0 Å². The molecule has 0 aliphatic carbocycles. The van der Waals surface area contributed by atoms with E-state index in [1.165, 1.54) is 0 Å². The summed E-state index contributed by atoms with van der Waals surface area (Å²) in [5.74, 6) is -0.919. The highest BCUT2D eigenvalue weighted by Crippen LogP contribution is 2.32. The van der Waals surface area contributed by atoms with Crippen LogP contribution < -0.4 is 0 Å². The first-order valence-corrected chi connectivity index (χ1v) is 11.2. The summed E-state index contributed by atoms with van der Waals surface area (Å²) in [6.07, 6.45) is 4.35. The van der Waals surface area contributed by atoms with Crippen LogP contribution in [-0.4, -0.2) is 66.8 Å². The van der Waals surface area contributed by atoms with Gasteiger partial charge in [0.1, 0.15) is 24.4 Å². The van der Waals surface area contributed by atoms with E-state index in [1.54, 1.807) is 13.8 Å². The van der Waals surface area contributed by atoms with Crippen molar-refractivity contribution in [1.29, 1.82) is 0 Å². The molecule has 6 heteroatoms. The Balaban J connectivity index is 1.43. The number of ether oxygens (including phenoxy) is 4. The molecule has 1 aliphatic rings. The lowest BCUT2D eigenvalue weighted by atomic mass is 10.0. The normalized spacial score (nSPS) is 22.2. The summed E-state index contributed by atoms with van der Waals surface area (Å²) in [6, 6.07) is 19.8. The maximum atomic E-state index is 10.6. The van der Waals surface area contributed by atoms with Crippen molar-refractivity contribution < 1.29 is 29.2 Å². The van der Waals surface area contributed by atoms with Crippen LogP contribution in [0.5, 0.6) is 0 Å². The van der Waals surface area contributed by atoms with Gasteiger partial charge in [-0.1, -0.05) is 85.0 Å². The van der Waals surface area contributed by atoms with E-state index >= 15 is 0 Å². The third-order valence-electron chi connectivity index (χ3n) is 5.15. The van der Waals surface area contributed by atoms with E-state index in [-0.39, 0.29) is 13.2 Å². The van der Waals surface area contributed by atoms with E-state index in [9.17, 15) is 10.2 Å². The number of hydrogen-bond donors (Lipinski definition) is 2. The summed E-state index contributed by atoms with van der Waals surface area (Å²) in [4.78, 5) is 0. The molecule has 2 N–H and O–H groups in total. The SMILES string of the molecule is CC1(C)O[C@H]([C@H](O)COC/C=C/c2ccccc2)[C@@H]([C@H](O)COC/C=C/c2ccccc2)O1. The Morgan fingerprint density at radius 3 is 1.55 bits per heavy atom. The number of hydrogen-bond acceptors (Lipinski definition) is 6. The number of aliphatic hydroxyl groups is 2. The first kappa shape index (κ1) is 25.3. The van der Waals surface area contributed by atoms with Crippen molar-refractivity contribution in [1.82, 2.24) is 0 Å². The second kappa shape index (κ2) is 12.8. The molecule has 2 aromatic rings. The van der Waals surface area contributed by atoms with Crippen molar-refractivity contribution in [3.63, 3.8) is 0 Å². The first-order valence-electron chi connectivity index (χ1n) is 11.2. The van der Waals surface area contributed by atoms with Gasteiger partial charge >= 0.3 is 0 Å². The number of rotatable bonds is 12. The van der Waals surface area contributed by atoms with Gasteiger partial charge in [0.05, 0.1) is 26.4 Å². The molecule has 0 amide bonds. The quantitative estimate of drug-likeness (QED) is 0.477. The van der Waals surface area contributed by atoms with E-state index in [2.05, 4.69) is 0 Å². The van der Waals surface area contributed by atoms with Crippen LogP contribution in [0, 0.1) is 0 Å². The van der Waals surface area contributed by atoms with Crippen LogP contribution in [0.3, 0.4) is 0 Å². The zero-order chi connectivity index (χ0) is 23.5. The van der Waals surface area contributed by atoms with Crippen LogP contribution in [0.4, 0.5) is 0 Å². The van der Waals surface area contributed by atoms with Crippen molar-refractivity contribution >= 4 is 12.2 Å². The van der Waals surface area contributed by atoms with Gasteiger partial charge < -0.3 is 29.2 Å². The molecule has 1 aliphatic heterocycles. The van der Waals surface area contributed by atoms with E-state index in [1.807, 2.05) is 85.0 Å². The Labute approximate surface area is 196 Å². The summed E-state index contributed by atoms with van der Waals surface area (Å²) in [5.41, 5.74) is 2.16. The Kier molecular flexibility index (Phi) is 9.81. The third-order valence-corrected chi connectivity index (χ3v) is 5.15. The first-order chi connectivity index (χ1) is 15.9. The molecule has 0 spiro atoms. The van der Waals surface area contributed by atoms with Crippen molar-refractivity contribution in [3.05, 3.63) is 83.9 Å². The minimum atomic E-state index is -0.950. The van der Waals surface area contributed by atoms with Crippen LogP contribution in [0.15, 0.2) is 72.8 Å². The number of benzene rings is 2. The van der Waals surface area contributed by atoms with Gasteiger partial charge in [0, 0.05) is 0 Å². The molecule has 3 rings (SSSR count). The topological polar surface area (TPSA) is 77.4 Å². The lowest BCUT2D eigenvalue weighted by molar-refractivity contribution is -0.164. The summed E-state index contributed by atoms with van der Waals surface area (Å²) in [6.45, 7) is 4.35. The summed E-state index contributed by atoms with van der Waals surface area (Å²) >= 11 is 0. The average Bonchev–Trinajstić information content (AvgIpc) is 3.15. The van der Waals surface area contributed by atoms with Gasteiger partial charge in [-0.05, 0) is 25.0 Å². The van der Waals surface area contributed by atoms with Gasteiger partial charge in [-0.25, -0.2) is 0 Å². The Morgan fingerprint density at radius 2 is 1.15 bits per heavy atom. The van der Waals surface area contributed by atoms with Crippen LogP contribution in [0.2, 0.25) is 0 Å². The predicted molar refractivity (Wildman–Crippen MR) is 128 cm³/mol. The molecule has 0 aromatic heterocycles. The fourth-order valence-electron chi connectivity index (χ4n) is 3.61. The highest BCUT2D eigenvalue weighted by molar-refractivity contribution is 5.49. The molecular weight excluding hydrogens is 420 g/mol. The lowest BCUT2D eigenvalue weighted by Gasteiger charge is -2.25. The molecule has 4 atom stereocenters. The van der Waals surface area contributed by atoms with Crippen LogP contribution >= 0.6 is 0 Å². The monoisotopic (exact) mass is 454 g/mol. The molecule has 0 unspecified atom stereocenters. The minimum Gasteiger partial charge on any atom is -0.388 e. The van der Waals surface area contributed by atoms with Gasteiger partial charge in [-0.3, -0.25) is 0 Å². The molecule has 0 radical (unpaired) electrons. The zero-order valence-electron chi connectivity index (χ0n) is 19.2. The minimum absolute atomic E-state index is 0.0626. The summed E-state index contributed by atoms with van der Waals surface area (Å²) in [7, 11) is 0. The molecule has 1 saturated heterocycles. The van der Waals surface area contributed by atoms with Crippen LogP contribution in [-0.2, 0) is 18.9 Å². The molecule has 6 nitrogen and oxygen atoms in total. The predicted octanol–water partition coefficient (Wildman–Crippen LogP) is 3.69. The number of aliphatic hydroxyl groups excluding tert-OH is 2. The maximum Gasteiger partial charge on any atom is 0.164 e. The van der Waals surface area contributed by atoms with E-state index in [4.69, 9.17) is 18.9 Å². The van der Waals surface area contributed by atoms with E-state index in [0.717, 1.165) is 11.1 Å². The van der Waals surface area contributed by atoms with E-state index in [0.29, 0.717) is 13.2 Å². The van der Waals surface area contributed by atoms with Crippen molar-refractivity contribution in [2.75, 3.05) is 26.4 Å². The summed E-state index contributed by atoms with van der Waals surface area (Å²) < 4.78 is 22.9. The second-order valence-corrected chi connectivity index (χ2v) is 8.40. The Bertz CT molecular complexity index is 793. The van der Waals surface area contributed by atoms with Crippen molar-refractivity contribution in [2.45, 2.75) is 44.1 Å². The average molecular weight is 455 g/mol. The van der Waals surface area contributed by atoms with Crippen LogP contribution in [0.25, 0.3) is 12.2 Å². The van der Waals surface area contributed by atoms with Crippen molar-refractivity contribution in [3.8, 4) is 0 Å². The second-order valence-electron chi connectivity index (χ2n) is 8.40. The molecule has 1 heterocycles. The maximum absolute atomic E-state index is 10.6. The largest absolute Gasteiger partial charge is 0.388 e. The molecule has 1 fully saturated rings. The molecular formula is C27H34O6. The third kappa shape index (κ3) is 8.51. The standard InChI is InChI=1S/C27H34O6/c1-27(2)32-25(23(28)19-30-17-9-15-21-11-5-3-6-12-21)26(33-27)24(29)20-31-18-10-16-22-13-7-4-8-14-22/h3-16,23-26,28-29H,17-20H2,1-2H3/b15-9+,16-10+/t23-,24-,25-,26-/m1/s1. The van der Waals surface area contributed by atoms with Gasteiger partial charge in [-0.15, -0.1) is 0 Å². The fraction of sp³-hybridized carbons (Fsp3) is 0.407. The molecule has 0 bridgehead atoms. The molecule has 33 heavy (non-hydrogen) atoms. The van der Waals surface area contributed by atoms with Gasteiger partial charge in [0.15, 0.2) is 5.79 Å². The highest BCUT2D eigenvalue weighted by Gasteiger charge is 2.47. The van der Waals surface area contributed by atoms with Crippen LogP contribution in [0.1, 0.15) is 25.0 Å². The smallest absolute Gasteiger partial charge is 0.164 e. The summed E-state index contributed by atoms with van der Waals surface area (Å²) in [5, 5.41) is 21.3. The van der Waals surface area contributed by atoms with E-state index < -0.39 is 30.2 Å². The molecule has 178 valence electrons. The Hall–Kier alpha value is -2.32. The highest BCUT2D eigenvalue weighted by atomic mass is 16.8. The lowest BCUT2D eigenvalue weighted by Crippen LogP contribution is -2.45. The zero-order valence-corrected chi connectivity index (χ0v) is 19.2. The fourth-order valence-corrected chi connectivity index (χ4v) is 3.61. The Morgan fingerprint density at radius 1 is 0.758 bits per heavy atom. The molecule has 0 saturated carbocycles. The van der Waals surface area contributed by atoms with Gasteiger partial charge in [0.2, 0.25) is 0 Å². The van der Waals surface area contributed by atoms with Gasteiger partial charge in [0.25, 0.3) is 0 Å². The molecule has 2 aromatic carbocycles.